The molecule has 3 heterocycles. The number of pyridine rings is 1. The fourth-order valence-electron chi connectivity index (χ4n) is 3.65. The van der Waals surface area contributed by atoms with Crippen LogP contribution in [0.2, 0.25) is 0 Å². The molecule has 0 spiro atoms. The Morgan fingerprint density at radius 3 is 2.24 bits per heavy atom. The lowest BCUT2D eigenvalue weighted by atomic mass is 10.1. The van der Waals surface area contributed by atoms with Gasteiger partial charge in [0, 0.05) is 31.9 Å². The Morgan fingerprint density at radius 1 is 0.905 bits per heavy atom. The predicted octanol–water partition coefficient (Wildman–Crippen LogP) is 2.32. The molecule has 0 radical (unpaired) electrons. The Balaban J connectivity index is 1.79. The largest absolute Gasteiger partial charge is 0.300 e. The topological polar surface area (TPSA) is 28.5 Å². The monoisotopic (exact) mass is 289 g/mol. The summed E-state index contributed by atoms with van der Waals surface area (Å²) in [6.07, 6.45) is 9.98. The van der Waals surface area contributed by atoms with Gasteiger partial charge in [-0.3, -0.25) is 19.2 Å². The summed E-state index contributed by atoms with van der Waals surface area (Å²) in [4.78, 5) is 17.3. The number of hydrogen-bond acceptors (Lipinski definition) is 3. The number of nitrogens with zero attached hydrogens (tertiary/aromatic N) is 3. The maximum absolute atomic E-state index is 12.3. The smallest absolute Gasteiger partial charge is 0.251 e. The first-order chi connectivity index (χ1) is 10.3. The van der Waals surface area contributed by atoms with Crippen molar-refractivity contribution in [3.05, 3.63) is 34.7 Å². The minimum Gasteiger partial charge on any atom is -0.300 e. The molecule has 4 heteroatoms. The Bertz CT molecular complexity index is 487. The van der Waals surface area contributed by atoms with E-state index in [1.807, 2.05) is 22.9 Å². The van der Waals surface area contributed by atoms with Gasteiger partial charge >= 0.3 is 0 Å². The van der Waals surface area contributed by atoms with Crippen LogP contribution in [0.3, 0.4) is 0 Å². The Kier molecular flexibility index (Phi) is 5.09. The molecule has 1 aromatic rings. The lowest BCUT2D eigenvalue weighted by Crippen LogP contribution is -2.47. The molecular weight excluding hydrogens is 262 g/mol. The quantitative estimate of drug-likeness (QED) is 0.851. The van der Waals surface area contributed by atoms with Crippen molar-refractivity contribution in [1.82, 2.24) is 14.4 Å². The van der Waals surface area contributed by atoms with E-state index in [1.165, 1.54) is 51.6 Å². The van der Waals surface area contributed by atoms with Gasteiger partial charge in [0.2, 0.25) is 0 Å². The van der Waals surface area contributed by atoms with Crippen LogP contribution in [-0.2, 0) is 0 Å². The summed E-state index contributed by atoms with van der Waals surface area (Å²) in [6.45, 7) is 5.61. The maximum Gasteiger partial charge on any atom is 0.251 e. The van der Waals surface area contributed by atoms with Crippen LogP contribution in [0.15, 0.2) is 29.2 Å². The zero-order chi connectivity index (χ0) is 14.5. The lowest BCUT2D eigenvalue weighted by Gasteiger charge is -2.39. The zero-order valence-electron chi connectivity index (χ0n) is 12.9. The van der Waals surface area contributed by atoms with Crippen molar-refractivity contribution in [2.24, 2.45) is 0 Å². The molecule has 0 saturated carbocycles. The normalized spacial score (nSPS) is 23.0. The van der Waals surface area contributed by atoms with Gasteiger partial charge in [0.05, 0.1) is 0 Å². The van der Waals surface area contributed by atoms with Crippen molar-refractivity contribution in [1.29, 1.82) is 0 Å². The zero-order valence-corrected chi connectivity index (χ0v) is 12.9. The molecule has 0 bridgehead atoms. The van der Waals surface area contributed by atoms with Gasteiger partial charge in [-0.05, 0) is 44.8 Å². The highest BCUT2D eigenvalue weighted by molar-refractivity contribution is 4.96. The Morgan fingerprint density at radius 2 is 1.57 bits per heavy atom. The average molecular weight is 289 g/mol. The molecule has 2 aliphatic rings. The van der Waals surface area contributed by atoms with Crippen molar-refractivity contribution in [2.45, 2.75) is 44.7 Å². The highest BCUT2D eigenvalue weighted by atomic mass is 16.1. The van der Waals surface area contributed by atoms with Gasteiger partial charge in [0.25, 0.3) is 5.56 Å². The summed E-state index contributed by atoms with van der Waals surface area (Å²) < 4.78 is 1.94. The molecule has 0 aromatic carbocycles. The van der Waals surface area contributed by atoms with E-state index in [1.54, 1.807) is 6.07 Å². The van der Waals surface area contributed by atoms with Gasteiger partial charge in [-0.15, -0.1) is 0 Å². The standard InChI is InChI=1S/C17H27N3O/c21-17-9-3-8-14-20(17)16(19-12-6-2-7-13-19)15-18-10-4-1-5-11-18/h3,8-9,14,16H,1-2,4-7,10-13,15H2. The summed E-state index contributed by atoms with van der Waals surface area (Å²) in [6, 6.07) is 5.51. The van der Waals surface area contributed by atoms with Crippen LogP contribution in [0.4, 0.5) is 0 Å². The van der Waals surface area contributed by atoms with Crippen LogP contribution in [-0.4, -0.2) is 47.1 Å². The molecule has 4 nitrogen and oxygen atoms in total. The van der Waals surface area contributed by atoms with Crippen LogP contribution in [0.1, 0.15) is 44.7 Å². The minimum atomic E-state index is 0.130. The molecule has 1 aromatic heterocycles. The molecule has 1 unspecified atom stereocenters. The summed E-state index contributed by atoms with van der Waals surface area (Å²) >= 11 is 0. The van der Waals surface area contributed by atoms with E-state index in [0.717, 1.165) is 19.6 Å². The number of aromatic nitrogens is 1. The van der Waals surface area contributed by atoms with Crippen molar-refractivity contribution >= 4 is 0 Å². The molecule has 0 aliphatic carbocycles. The number of likely N-dealkylation sites (tertiary alicyclic amines) is 2. The van der Waals surface area contributed by atoms with E-state index in [0.29, 0.717) is 0 Å². The molecule has 116 valence electrons. The number of hydrogen-bond donors (Lipinski definition) is 0. The highest BCUT2D eigenvalue weighted by Gasteiger charge is 2.25. The first-order valence-corrected chi connectivity index (χ1v) is 8.48. The second kappa shape index (κ2) is 7.23. The van der Waals surface area contributed by atoms with Crippen LogP contribution >= 0.6 is 0 Å². The second-order valence-corrected chi connectivity index (χ2v) is 6.38. The van der Waals surface area contributed by atoms with Crippen LogP contribution in [0.25, 0.3) is 0 Å². The summed E-state index contributed by atoms with van der Waals surface area (Å²) in [7, 11) is 0. The minimum absolute atomic E-state index is 0.130. The first kappa shape index (κ1) is 14.8. The molecule has 2 aliphatic heterocycles. The summed E-state index contributed by atoms with van der Waals surface area (Å²) in [5.74, 6) is 0. The molecule has 0 amide bonds. The van der Waals surface area contributed by atoms with Crippen molar-refractivity contribution < 1.29 is 0 Å². The van der Waals surface area contributed by atoms with Gasteiger partial charge in [-0.2, -0.15) is 0 Å². The van der Waals surface area contributed by atoms with E-state index in [-0.39, 0.29) is 11.7 Å². The molecule has 2 saturated heterocycles. The van der Waals surface area contributed by atoms with Crippen LogP contribution in [0.5, 0.6) is 0 Å². The third kappa shape index (κ3) is 3.74. The SMILES string of the molecule is O=c1ccccn1C(CN1CCCCC1)N1CCCCC1. The second-order valence-electron chi connectivity index (χ2n) is 6.38. The third-order valence-electron chi connectivity index (χ3n) is 4.85. The van der Waals surface area contributed by atoms with Crippen LogP contribution < -0.4 is 5.56 Å². The van der Waals surface area contributed by atoms with E-state index >= 15 is 0 Å². The van der Waals surface area contributed by atoms with E-state index in [9.17, 15) is 4.79 Å². The van der Waals surface area contributed by atoms with E-state index < -0.39 is 0 Å². The molecule has 21 heavy (non-hydrogen) atoms. The Hall–Kier alpha value is -1.13. The molecule has 2 fully saturated rings. The number of piperidine rings is 2. The van der Waals surface area contributed by atoms with E-state index in [4.69, 9.17) is 0 Å². The van der Waals surface area contributed by atoms with Gasteiger partial charge in [0.15, 0.2) is 0 Å². The molecule has 3 rings (SSSR count). The maximum atomic E-state index is 12.3. The van der Waals surface area contributed by atoms with Gasteiger partial charge in [-0.1, -0.05) is 18.9 Å². The van der Waals surface area contributed by atoms with Crippen LogP contribution in [0, 0.1) is 0 Å². The van der Waals surface area contributed by atoms with Crippen molar-refractivity contribution in [2.75, 3.05) is 32.7 Å². The molecular formula is C17H27N3O. The average Bonchev–Trinajstić information content (AvgIpc) is 2.55. The van der Waals surface area contributed by atoms with Crippen molar-refractivity contribution in [3.63, 3.8) is 0 Å². The summed E-state index contributed by atoms with van der Waals surface area (Å²) in [5, 5.41) is 0. The molecule has 1 atom stereocenters. The third-order valence-corrected chi connectivity index (χ3v) is 4.85. The summed E-state index contributed by atoms with van der Waals surface area (Å²) in [5.41, 5.74) is 0.130. The van der Waals surface area contributed by atoms with Gasteiger partial charge < -0.3 is 0 Å². The predicted molar refractivity (Wildman–Crippen MR) is 85.5 cm³/mol. The Labute approximate surface area is 127 Å². The fraction of sp³-hybridized carbons (Fsp3) is 0.706. The highest BCUT2D eigenvalue weighted by Crippen LogP contribution is 2.21. The lowest BCUT2D eigenvalue weighted by molar-refractivity contribution is 0.0646. The van der Waals surface area contributed by atoms with Gasteiger partial charge in [0.1, 0.15) is 6.17 Å². The van der Waals surface area contributed by atoms with Crippen molar-refractivity contribution in [3.8, 4) is 0 Å². The fourth-order valence-corrected chi connectivity index (χ4v) is 3.65. The van der Waals surface area contributed by atoms with E-state index in [2.05, 4.69) is 9.80 Å². The molecule has 0 N–H and O–H groups in total. The first-order valence-electron chi connectivity index (χ1n) is 8.48. The number of rotatable bonds is 4. The van der Waals surface area contributed by atoms with Gasteiger partial charge in [-0.25, -0.2) is 0 Å².